The minimum absolute atomic E-state index is 0.100. The van der Waals surface area contributed by atoms with Crippen molar-refractivity contribution in [3.63, 3.8) is 0 Å². The van der Waals surface area contributed by atoms with E-state index < -0.39 is 35.2 Å². The van der Waals surface area contributed by atoms with Gasteiger partial charge in [0.2, 0.25) is 0 Å². The molecule has 332 valence electrons. The van der Waals surface area contributed by atoms with E-state index in [1.165, 1.54) is 6.07 Å². The Kier molecular flexibility index (Phi) is 9.92. The van der Waals surface area contributed by atoms with Crippen LogP contribution < -0.4 is 0 Å². The van der Waals surface area contributed by atoms with E-state index in [0.717, 1.165) is 30.3 Å². The molecule has 0 N–H and O–H groups in total. The summed E-state index contributed by atoms with van der Waals surface area (Å²) in [5.41, 5.74) is 3.20. The molecule has 2 aromatic heterocycles. The van der Waals surface area contributed by atoms with Gasteiger partial charge in [0.25, 0.3) is 0 Å². The molecule has 10 rings (SSSR count). The Hall–Kier alpha value is -7.78. The number of para-hydroxylation sites is 2. The zero-order chi connectivity index (χ0) is 47.3. The molecule has 0 bridgehead atoms. The average Bonchev–Trinajstić information content (AvgIpc) is 3.79. The number of fused-ring (bicyclic) bond motifs is 6. The first-order chi connectivity index (χ1) is 31.8. The van der Waals surface area contributed by atoms with Gasteiger partial charge in [-0.05, 0) is 144 Å². The summed E-state index contributed by atoms with van der Waals surface area (Å²) in [6.45, 7) is 4.75. The number of halogens is 9. The fourth-order valence-electron chi connectivity index (χ4n) is 9.55. The van der Waals surface area contributed by atoms with E-state index in [9.17, 15) is 31.6 Å². The van der Waals surface area contributed by atoms with Gasteiger partial charge in [0.05, 0.1) is 55.7 Å². The molecular formula is C55H34F9N3. The third kappa shape index (κ3) is 7.35. The number of aromatic nitrogens is 2. The zero-order valence-corrected chi connectivity index (χ0v) is 35.7. The summed E-state index contributed by atoms with van der Waals surface area (Å²) in [4.78, 5) is 0. The highest BCUT2D eigenvalue weighted by atomic mass is 19.4. The second-order valence-electron chi connectivity index (χ2n) is 16.8. The van der Waals surface area contributed by atoms with Gasteiger partial charge in [-0.15, -0.1) is 0 Å². The molecule has 0 aliphatic heterocycles. The Morgan fingerprint density at radius 3 is 1.37 bits per heavy atom. The predicted octanol–water partition coefficient (Wildman–Crippen LogP) is 16.7. The number of nitriles is 1. The Balaban J connectivity index is 1.27. The lowest BCUT2D eigenvalue weighted by Crippen LogP contribution is -2.10. The minimum atomic E-state index is -4.81. The smallest absolute Gasteiger partial charge is 0.309 e. The predicted molar refractivity (Wildman–Crippen MR) is 245 cm³/mol. The summed E-state index contributed by atoms with van der Waals surface area (Å²) in [5.74, 6) is 0. The van der Waals surface area contributed by atoms with Crippen LogP contribution in [0.3, 0.4) is 0 Å². The molecule has 10 aromatic rings. The van der Waals surface area contributed by atoms with Gasteiger partial charge in [0.15, 0.2) is 0 Å². The molecule has 12 heteroatoms. The van der Waals surface area contributed by atoms with Gasteiger partial charge >= 0.3 is 18.5 Å². The second kappa shape index (κ2) is 15.4. The van der Waals surface area contributed by atoms with E-state index in [4.69, 9.17) is 0 Å². The van der Waals surface area contributed by atoms with Crippen LogP contribution in [0.15, 0.2) is 152 Å². The molecule has 0 aliphatic rings. The summed E-state index contributed by atoms with van der Waals surface area (Å²) < 4.78 is 133. The minimum Gasteiger partial charge on any atom is -0.309 e. The van der Waals surface area contributed by atoms with Crippen LogP contribution in [0, 0.1) is 32.1 Å². The Morgan fingerprint density at radius 2 is 0.896 bits per heavy atom. The lowest BCUT2D eigenvalue weighted by atomic mass is 9.91. The van der Waals surface area contributed by atoms with Crippen molar-refractivity contribution in [2.75, 3.05) is 0 Å². The molecule has 0 saturated carbocycles. The quantitative estimate of drug-likeness (QED) is 0.158. The van der Waals surface area contributed by atoms with Crippen LogP contribution in [0.2, 0.25) is 0 Å². The monoisotopic (exact) mass is 907 g/mol. The topological polar surface area (TPSA) is 33.6 Å². The maximum Gasteiger partial charge on any atom is 0.417 e. The van der Waals surface area contributed by atoms with E-state index >= 15 is 13.2 Å². The largest absolute Gasteiger partial charge is 0.417 e. The number of benzene rings is 8. The Morgan fingerprint density at radius 1 is 0.418 bits per heavy atom. The van der Waals surface area contributed by atoms with Crippen LogP contribution in [0.5, 0.6) is 0 Å². The van der Waals surface area contributed by atoms with Crippen molar-refractivity contribution in [2.45, 2.75) is 39.3 Å². The number of aryl methyl sites for hydroxylation is 3. The van der Waals surface area contributed by atoms with Gasteiger partial charge in [0.1, 0.15) is 6.07 Å². The lowest BCUT2D eigenvalue weighted by molar-refractivity contribution is -0.138. The molecule has 0 atom stereocenters. The van der Waals surface area contributed by atoms with Gasteiger partial charge in [-0.2, -0.15) is 44.8 Å². The van der Waals surface area contributed by atoms with Crippen molar-refractivity contribution in [3.05, 3.63) is 191 Å². The highest BCUT2D eigenvalue weighted by Crippen LogP contribution is 2.47. The first-order valence-corrected chi connectivity index (χ1v) is 21.0. The summed E-state index contributed by atoms with van der Waals surface area (Å²) in [6.07, 6.45) is -14.0. The van der Waals surface area contributed by atoms with Crippen LogP contribution in [0.4, 0.5) is 39.5 Å². The number of hydrogen-bond donors (Lipinski definition) is 0. The maximum atomic E-state index is 15.3. The molecule has 0 saturated heterocycles. The maximum absolute atomic E-state index is 15.3. The number of rotatable bonds is 5. The van der Waals surface area contributed by atoms with E-state index in [1.54, 1.807) is 127 Å². The van der Waals surface area contributed by atoms with Gasteiger partial charge in [-0.3, -0.25) is 0 Å². The van der Waals surface area contributed by atoms with Crippen molar-refractivity contribution in [3.8, 4) is 50.8 Å². The molecule has 2 heterocycles. The SMILES string of the molecule is Cc1cc(-c2ccc3c(c2)c2ccccc2n3-c2cc(-c3c(C)cccc3C(F)(F)F)c(-n3c4ccccc4c4cc(-c5cc(C)cc(C(F)(F)F)c5)ccc43)cc2C#N)cc(C(F)(F)F)c1. The molecule has 0 unspecified atom stereocenters. The molecule has 8 aromatic carbocycles. The fourth-order valence-corrected chi connectivity index (χ4v) is 9.55. The highest BCUT2D eigenvalue weighted by Gasteiger charge is 2.36. The Bertz CT molecular complexity index is 3710. The second-order valence-corrected chi connectivity index (χ2v) is 16.8. The Labute approximate surface area is 377 Å². The average molecular weight is 908 g/mol. The standard InChI is InChI=1S/C55H34F9N3/c1-30-19-35(23-38(21-30)53(56,57)58)33-15-17-48-42(25-33)40-10-4-6-13-46(40)66(48)50-28-44(52-32(3)9-8-12-45(52)55(62,63)64)51(27-37(50)29-65)67-47-14-7-5-11-41(47)43-26-34(16-18-49(43)67)36-20-31(2)22-39(24-36)54(59,60)61/h4-28H,1-3H3. The van der Waals surface area contributed by atoms with Crippen molar-refractivity contribution in [1.82, 2.24) is 9.13 Å². The van der Waals surface area contributed by atoms with Crippen molar-refractivity contribution >= 4 is 43.6 Å². The molecule has 0 spiro atoms. The van der Waals surface area contributed by atoms with Crippen LogP contribution in [0.1, 0.15) is 38.9 Å². The lowest BCUT2D eigenvalue weighted by Gasteiger charge is -2.22. The first kappa shape index (κ1) is 43.1. The van der Waals surface area contributed by atoms with Crippen LogP contribution in [-0.4, -0.2) is 9.13 Å². The summed E-state index contributed by atoms with van der Waals surface area (Å²) in [5, 5.41) is 13.7. The molecule has 0 amide bonds. The summed E-state index contributed by atoms with van der Waals surface area (Å²) in [7, 11) is 0. The number of alkyl halides is 9. The normalized spacial score (nSPS) is 12.5. The van der Waals surface area contributed by atoms with E-state index in [0.29, 0.717) is 82.6 Å². The fraction of sp³-hybridized carbons (Fsp3) is 0.109. The number of hydrogen-bond acceptors (Lipinski definition) is 1. The zero-order valence-electron chi connectivity index (χ0n) is 35.7. The van der Waals surface area contributed by atoms with E-state index in [1.807, 2.05) is 18.2 Å². The third-order valence-electron chi connectivity index (χ3n) is 12.4. The third-order valence-corrected chi connectivity index (χ3v) is 12.4. The molecule has 0 fully saturated rings. The first-order valence-electron chi connectivity index (χ1n) is 21.0. The van der Waals surface area contributed by atoms with Gasteiger partial charge in [-0.25, -0.2) is 0 Å². The molecule has 0 radical (unpaired) electrons. The molecule has 67 heavy (non-hydrogen) atoms. The van der Waals surface area contributed by atoms with Crippen LogP contribution in [0.25, 0.3) is 88.4 Å². The van der Waals surface area contributed by atoms with E-state index in [-0.39, 0.29) is 28.1 Å². The van der Waals surface area contributed by atoms with Crippen LogP contribution in [-0.2, 0) is 18.5 Å². The van der Waals surface area contributed by atoms with Gasteiger partial charge < -0.3 is 9.13 Å². The summed E-state index contributed by atoms with van der Waals surface area (Å²) in [6, 6.07) is 41.8. The molecule has 3 nitrogen and oxygen atoms in total. The molecular weight excluding hydrogens is 874 g/mol. The van der Waals surface area contributed by atoms with E-state index in [2.05, 4.69) is 6.07 Å². The molecule has 0 aliphatic carbocycles. The van der Waals surface area contributed by atoms with Crippen molar-refractivity contribution in [1.29, 1.82) is 5.26 Å². The number of nitrogens with zero attached hydrogens (tertiary/aromatic N) is 3. The van der Waals surface area contributed by atoms with Gasteiger partial charge in [-0.1, -0.05) is 72.8 Å². The van der Waals surface area contributed by atoms with Crippen LogP contribution >= 0.6 is 0 Å². The van der Waals surface area contributed by atoms with Gasteiger partial charge in [0, 0.05) is 27.1 Å². The van der Waals surface area contributed by atoms with Crippen molar-refractivity contribution in [2.24, 2.45) is 0 Å². The summed E-state index contributed by atoms with van der Waals surface area (Å²) >= 11 is 0. The van der Waals surface area contributed by atoms with Crippen molar-refractivity contribution < 1.29 is 39.5 Å². The highest BCUT2D eigenvalue weighted by molar-refractivity contribution is 6.12.